The molecule has 3 nitrogen and oxygen atoms in total. The van der Waals surface area contributed by atoms with Crippen molar-refractivity contribution in [2.75, 3.05) is 13.1 Å². The largest absolute Gasteiger partial charge is 0.384 e. The van der Waals surface area contributed by atoms with Gasteiger partial charge in [0.1, 0.15) is 5.84 Å². The molecule has 1 fully saturated rings. The second-order valence-corrected chi connectivity index (χ2v) is 6.66. The molecule has 3 N–H and O–H groups in total. The fraction of sp³-hybridized carbons (Fsp3) is 0.562. The lowest BCUT2D eigenvalue weighted by Crippen LogP contribution is -2.26. The van der Waals surface area contributed by atoms with E-state index >= 15 is 0 Å². The lowest BCUT2D eigenvalue weighted by Gasteiger charge is -2.27. The number of hydrogen-bond acceptors (Lipinski definition) is 2. The van der Waals surface area contributed by atoms with Gasteiger partial charge >= 0.3 is 0 Å². The molecule has 0 saturated carbocycles. The van der Waals surface area contributed by atoms with Gasteiger partial charge in [-0.25, -0.2) is 0 Å². The predicted molar refractivity (Wildman–Crippen MR) is 80.3 cm³/mol. The second kappa shape index (κ2) is 5.33. The molecule has 1 aromatic carbocycles. The Morgan fingerprint density at radius 3 is 2.63 bits per heavy atom. The minimum Gasteiger partial charge on any atom is -0.384 e. The quantitative estimate of drug-likeness (QED) is 0.648. The first-order valence-corrected chi connectivity index (χ1v) is 7.02. The molecule has 0 aromatic heterocycles. The Balaban J connectivity index is 2.06. The summed E-state index contributed by atoms with van der Waals surface area (Å²) in [5.41, 5.74) is 8.08. The Morgan fingerprint density at radius 2 is 2.05 bits per heavy atom. The fourth-order valence-corrected chi connectivity index (χ4v) is 2.84. The molecule has 19 heavy (non-hydrogen) atoms. The molecule has 3 heteroatoms. The van der Waals surface area contributed by atoms with Crippen molar-refractivity contribution in [2.45, 2.75) is 33.7 Å². The zero-order valence-electron chi connectivity index (χ0n) is 12.2. The van der Waals surface area contributed by atoms with Crippen molar-refractivity contribution in [1.82, 2.24) is 4.90 Å². The van der Waals surface area contributed by atoms with Crippen LogP contribution < -0.4 is 5.73 Å². The third-order valence-corrected chi connectivity index (χ3v) is 4.20. The van der Waals surface area contributed by atoms with Crippen LogP contribution in [0.3, 0.4) is 0 Å². The Labute approximate surface area is 116 Å². The van der Waals surface area contributed by atoms with Crippen LogP contribution in [0.2, 0.25) is 0 Å². The molecule has 0 spiro atoms. The Hall–Kier alpha value is -1.35. The van der Waals surface area contributed by atoms with Crippen molar-refractivity contribution in [3.05, 3.63) is 35.4 Å². The van der Waals surface area contributed by atoms with E-state index in [9.17, 15) is 0 Å². The van der Waals surface area contributed by atoms with Crippen LogP contribution >= 0.6 is 0 Å². The molecule has 1 unspecified atom stereocenters. The van der Waals surface area contributed by atoms with Gasteiger partial charge in [-0.3, -0.25) is 10.3 Å². The standard InChI is InChI=1S/C16H25N3/c1-16(2,3)13-8-9-19(11-13)10-12-6-4-5-7-14(12)15(17)18/h4-7,13H,8-11H2,1-3H3,(H3,17,18). The first kappa shape index (κ1) is 14.1. The normalized spacial score (nSPS) is 20.7. The number of nitrogens with two attached hydrogens (primary N) is 1. The Kier molecular flexibility index (Phi) is 3.95. The highest BCUT2D eigenvalue weighted by molar-refractivity contribution is 5.96. The van der Waals surface area contributed by atoms with Crippen molar-refractivity contribution < 1.29 is 0 Å². The summed E-state index contributed by atoms with van der Waals surface area (Å²) in [6.07, 6.45) is 1.27. The van der Waals surface area contributed by atoms with Gasteiger partial charge in [-0.2, -0.15) is 0 Å². The van der Waals surface area contributed by atoms with E-state index in [1.54, 1.807) is 0 Å². The maximum absolute atomic E-state index is 7.65. The summed E-state index contributed by atoms with van der Waals surface area (Å²) >= 11 is 0. The highest BCUT2D eigenvalue weighted by Crippen LogP contribution is 2.34. The van der Waals surface area contributed by atoms with E-state index in [0.29, 0.717) is 5.41 Å². The lowest BCUT2D eigenvalue weighted by molar-refractivity contribution is 0.226. The Bertz CT molecular complexity index is 459. The van der Waals surface area contributed by atoms with Crippen molar-refractivity contribution in [3.8, 4) is 0 Å². The summed E-state index contributed by atoms with van der Waals surface area (Å²) < 4.78 is 0. The fourth-order valence-electron chi connectivity index (χ4n) is 2.84. The van der Waals surface area contributed by atoms with Crippen LogP contribution in [-0.2, 0) is 6.54 Å². The minimum absolute atomic E-state index is 0.169. The van der Waals surface area contributed by atoms with Crippen LogP contribution in [0.15, 0.2) is 24.3 Å². The van der Waals surface area contributed by atoms with E-state index in [2.05, 4.69) is 31.7 Å². The maximum Gasteiger partial charge on any atom is 0.123 e. The molecule has 0 radical (unpaired) electrons. The van der Waals surface area contributed by atoms with Crippen LogP contribution in [-0.4, -0.2) is 23.8 Å². The number of likely N-dealkylation sites (tertiary alicyclic amines) is 1. The van der Waals surface area contributed by atoms with Gasteiger partial charge in [0.25, 0.3) is 0 Å². The van der Waals surface area contributed by atoms with E-state index in [1.165, 1.54) is 12.0 Å². The maximum atomic E-state index is 7.65. The average Bonchev–Trinajstić information content (AvgIpc) is 2.77. The average molecular weight is 259 g/mol. The molecule has 1 aromatic rings. The van der Waals surface area contributed by atoms with Gasteiger partial charge in [0.15, 0.2) is 0 Å². The van der Waals surface area contributed by atoms with Crippen LogP contribution in [0, 0.1) is 16.7 Å². The van der Waals surface area contributed by atoms with E-state index < -0.39 is 0 Å². The summed E-state index contributed by atoms with van der Waals surface area (Å²) in [6.45, 7) is 10.2. The summed E-state index contributed by atoms with van der Waals surface area (Å²) in [5, 5.41) is 7.65. The molecule has 0 bridgehead atoms. The zero-order valence-corrected chi connectivity index (χ0v) is 12.2. The monoisotopic (exact) mass is 259 g/mol. The third kappa shape index (κ3) is 3.35. The van der Waals surface area contributed by atoms with Crippen LogP contribution in [0.5, 0.6) is 0 Å². The highest BCUT2D eigenvalue weighted by Gasteiger charge is 2.31. The number of benzene rings is 1. The number of nitrogens with one attached hydrogen (secondary N) is 1. The van der Waals surface area contributed by atoms with E-state index in [-0.39, 0.29) is 5.84 Å². The smallest absolute Gasteiger partial charge is 0.123 e. The summed E-state index contributed by atoms with van der Waals surface area (Å²) in [4.78, 5) is 2.48. The molecule has 0 aliphatic carbocycles. The van der Waals surface area contributed by atoms with Crippen molar-refractivity contribution in [2.24, 2.45) is 17.1 Å². The van der Waals surface area contributed by atoms with Crippen LogP contribution in [0.1, 0.15) is 38.3 Å². The summed E-state index contributed by atoms with van der Waals surface area (Å²) in [7, 11) is 0. The highest BCUT2D eigenvalue weighted by atomic mass is 15.1. The lowest BCUT2D eigenvalue weighted by atomic mass is 9.80. The van der Waals surface area contributed by atoms with Crippen LogP contribution in [0.4, 0.5) is 0 Å². The number of rotatable bonds is 3. The number of amidine groups is 1. The molecule has 1 aliphatic rings. The van der Waals surface area contributed by atoms with Gasteiger partial charge in [0.2, 0.25) is 0 Å². The molecular weight excluding hydrogens is 234 g/mol. The van der Waals surface area contributed by atoms with Gasteiger partial charge in [0, 0.05) is 18.7 Å². The zero-order chi connectivity index (χ0) is 14.0. The third-order valence-electron chi connectivity index (χ3n) is 4.20. The van der Waals surface area contributed by atoms with Gasteiger partial charge < -0.3 is 5.73 Å². The van der Waals surface area contributed by atoms with E-state index in [0.717, 1.165) is 31.1 Å². The number of nitrogens with zero attached hydrogens (tertiary/aromatic N) is 1. The van der Waals surface area contributed by atoms with Crippen LogP contribution in [0.25, 0.3) is 0 Å². The second-order valence-electron chi connectivity index (χ2n) is 6.66. The van der Waals surface area contributed by atoms with Gasteiger partial charge in [-0.15, -0.1) is 0 Å². The SMILES string of the molecule is CC(C)(C)C1CCN(Cc2ccccc2C(=N)N)C1. The number of nitrogen functional groups attached to an aromatic ring is 1. The van der Waals surface area contributed by atoms with Gasteiger partial charge in [-0.05, 0) is 29.9 Å². The van der Waals surface area contributed by atoms with Crippen molar-refractivity contribution in [1.29, 1.82) is 5.41 Å². The summed E-state index contributed by atoms with van der Waals surface area (Å²) in [6, 6.07) is 8.00. The van der Waals surface area contributed by atoms with Gasteiger partial charge in [-0.1, -0.05) is 45.0 Å². The first-order chi connectivity index (χ1) is 8.88. The summed E-state index contributed by atoms with van der Waals surface area (Å²) in [5.74, 6) is 0.930. The first-order valence-electron chi connectivity index (χ1n) is 7.02. The topological polar surface area (TPSA) is 53.1 Å². The molecule has 1 heterocycles. The predicted octanol–water partition coefficient (Wildman–Crippen LogP) is 2.84. The van der Waals surface area contributed by atoms with Crippen molar-refractivity contribution in [3.63, 3.8) is 0 Å². The molecule has 1 atom stereocenters. The number of hydrogen-bond donors (Lipinski definition) is 2. The minimum atomic E-state index is 0.169. The van der Waals surface area contributed by atoms with Crippen molar-refractivity contribution >= 4 is 5.84 Å². The molecule has 104 valence electrons. The van der Waals surface area contributed by atoms with E-state index in [4.69, 9.17) is 11.1 Å². The molecular formula is C16H25N3. The molecule has 1 saturated heterocycles. The van der Waals surface area contributed by atoms with E-state index in [1.807, 2.05) is 18.2 Å². The molecule has 1 aliphatic heterocycles. The molecule has 0 amide bonds. The Morgan fingerprint density at radius 1 is 1.37 bits per heavy atom. The molecule has 2 rings (SSSR count). The van der Waals surface area contributed by atoms with Gasteiger partial charge in [0.05, 0.1) is 0 Å².